The van der Waals surface area contributed by atoms with Gasteiger partial charge in [0.2, 0.25) is 0 Å². The van der Waals surface area contributed by atoms with Gasteiger partial charge in [-0.1, -0.05) is 0 Å². The predicted molar refractivity (Wildman–Crippen MR) is 59.9 cm³/mol. The molecule has 0 atom stereocenters. The number of hydrogen-bond donors (Lipinski definition) is 0. The van der Waals surface area contributed by atoms with Crippen molar-refractivity contribution in [2.45, 2.75) is 6.42 Å². The van der Waals surface area contributed by atoms with Crippen molar-refractivity contribution in [3.05, 3.63) is 39.3 Å². The molecule has 0 saturated heterocycles. The fourth-order valence-corrected chi connectivity index (χ4v) is 2.14. The second-order valence-electron chi connectivity index (χ2n) is 2.75. The lowest BCUT2D eigenvalue weighted by Crippen LogP contribution is -2.07. The van der Waals surface area contributed by atoms with Crippen LogP contribution in [0, 0.1) is 0 Å². The second kappa shape index (κ2) is 4.59. The molecule has 0 spiro atoms. The van der Waals surface area contributed by atoms with E-state index >= 15 is 0 Å². The highest BCUT2D eigenvalue weighted by Crippen LogP contribution is 2.15. The minimum atomic E-state index is -0.0563. The Labute approximate surface area is 98.5 Å². The summed E-state index contributed by atoms with van der Waals surface area (Å²) in [5, 5.41) is 2.64. The van der Waals surface area contributed by atoms with E-state index in [0.717, 1.165) is 5.01 Å². The molecule has 0 aliphatic rings. The average molecular weight is 284 g/mol. The maximum atomic E-state index is 11.8. The maximum absolute atomic E-state index is 11.8. The normalized spacial score (nSPS) is 10.2. The van der Waals surface area contributed by atoms with Crippen molar-refractivity contribution in [3.8, 4) is 0 Å². The van der Waals surface area contributed by atoms with Gasteiger partial charge in [-0.3, -0.25) is 4.79 Å². The summed E-state index contributed by atoms with van der Waals surface area (Å²) in [4.78, 5) is 23.6. The SMILES string of the molecule is O=C(Cc1nccs1)c1ncncc1Br. The fourth-order valence-electron chi connectivity index (χ4n) is 1.08. The van der Waals surface area contributed by atoms with Crippen LogP contribution >= 0.6 is 27.3 Å². The van der Waals surface area contributed by atoms with Gasteiger partial charge in [0, 0.05) is 17.8 Å². The lowest BCUT2D eigenvalue weighted by molar-refractivity contribution is 0.0987. The number of ketones is 1. The van der Waals surface area contributed by atoms with Crippen molar-refractivity contribution in [2.75, 3.05) is 0 Å². The van der Waals surface area contributed by atoms with Crippen molar-refractivity contribution in [1.82, 2.24) is 15.0 Å². The molecule has 0 unspecified atom stereocenters. The molecule has 0 N–H and O–H groups in total. The maximum Gasteiger partial charge on any atom is 0.189 e. The highest BCUT2D eigenvalue weighted by Gasteiger charge is 2.13. The highest BCUT2D eigenvalue weighted by atomic mass is 79.9. The number of nitrogens with zero attached hydrogens (tertiary/aromatic N) is 3. The molecule has 15 heavy (non-hydrogen) atoms. The van der Waals surface area contributed by atoms with Crippen LogP contribution in [0.5, 0.6) is 0 Å². The van der Waals surface area contributed by atoms with E-state index in [1.54, 1.807) is 12.4 Å². The summed E-state index contributed by atoms with van der Waals surface area (Å²) >= 11 is 4.70. The lowest BCUT2D eigenvalue weighted by Gasteiger charge is -1.99. The zero-order valence-corrected chi connectivity index (χ0v) is 9.96. The summed E-state index contributed by atoms with van der Waals surface area (Å²) < 4.78 is 0.617. The molecule has 76 valence electrons. The lowest BCUT2D eigenvalue weighted by atomic mass is 10.2. The van der Waals surface area contributed by atoms with Gasteiger partial charge in [0.25, 0.3) is 0 Å². The van der Waals surface area contributed by atoms with Crippen LogP contribution in [0.15, 0.2) is 28.6 Å². The Kier molecular flexibility index (Phi) is 3.17. The van der Waals surface area contributed by atoms with Gasteiger partial charge in [-0.2, -0.15) is 0 Å². The van der Waals surface area contributed by atoms with Gasteiger partial charge in [0.15, 0.2) is 5.78 Å². The topological polar surface area (TPSA) is 55.7 Å². The quantitative estimate of drug-likeness (QED) is 0.810. The molecule has 2 heterocycles. The van der Waals surface area contributed by atoms with Gasteiger partial charge in [-0.05, 0) is 15.9 Å². The Morgan fingerprint density at radius 2 is 2.33 bits per heavy atom. The van der Waals surface area contributed by atoms with E-state index in [1.165, 1.54) is 17.7 Å². The van der Waals surface area contributed by atoms with E-state index in [-0.39, 0.29) is 12.2 Å². The molecule has 0 bridgehead atoms. The average Bonchev–Trinajstić information content (AvgIpc) is 2.71. The molecule has 0 radical (unpaired) electrons. The summed E-state index contributed by atoms with van der Waals surface area (Å²) in [7, 11) is 0. The van der Waals surface area contributed by atoms with Gasteiger partial charge in [-0.15, -0.1) is 11.3 Å². The van der Waals surface area contributed by atoms with Crippen molar-refractivity contribution in [2.24, 2.45) is 0 Å². The van der Waals surface area contributed by atoms with E-state index < -0.39 is 0 Å². The largest absolute Gasteiger partial charge is 0.292 e. The summed E-state index contributed by atoms with van der Waals surface area (Å²) in [5.74, 6) is -0.0563. The smallest absolute Gasteiger partial charge is 0.189 e. The van der Waals surface area contributed by atoms with Gasteiger partial charge in [0.05, 0.1) is 10.9 Å². The molecule has 0 aromatic carbocycles. The number of carbonyl (C=O) groups is 1. The Morgan fingerprint density at radius 3 is 3.00 bits per heavy atom. The van der Waals surface area contributed by atoms with Crippen LogP contribution in [0.1, 0.15) is 15.5 Å². The van der Waals surface area contributed by atoms with Gasteiger partial charge in [-0.25, -0.2) is 15.0 Å². The molecule has 0 fully saturated rings. The molecule has 4 nitrogen and oxygen atoms in total. The molecule has 2 rings (SSSR count). The minimum absolute atomic E-state index is 0.0563. The number of thiazole rings is 1. The first kappa shape index (κ1) is 10.4. The predicted octanol–water partition coefficient (Wildman–Crippen LogP) is 2.12. The van der Waals surface area contributed by atoms with Gasteiger partial charge < -0.3 is 0 Å². The zero-order valence-electron chi connectivity index (χ0n) is 7.55. The Hall–Kier alpha value is -1.14. The fraction of sp³-hybridized carbons (Fsp3) is 0.111. The molecule has 0 aliphatic carbocycles. The third-order valence-electron chi connectivity index (χ3n) is 1.73. The molecule has 0 amide bonds. The summed E-state index contributed by atoms with van der Waals surface area (Å²) in [6.45, 7) is 0. The van der Waals surface area contributed by atoms with E-state index in [1.807, 2.05) is 5.38 Å². The van der Waals surface area contributed by atoms with Crippen LogP contribution in [0.2, 0.25) is 0 Å². The van der Waals surface area contributed by atoms with Crippen LogP contribution in [0.4, 0.5) is 0 Å². The Balaban J connectivity index is 2.19. The first-order chi connectivity index (χ1) is 7.27. The first-order valence-electron chi connectivity index (χ1n) is 4.14. The first-order valence-corrected chi connectivity index (χ1v) is 5.81. The number of aromatic nitrogens is 3. The van der Waals surface area contributed by atoms with E-state index in [4.69, 9.17) is 0 Å². The van der Waals surface area contributed by atoms with E-state index in [0.29, 0.717) is 10.2 Å². The minimum Gasteiger partial charge on any atom is -0.292 e. The van der Waals surface area contributed by atoms with E-state index in [2.05, 4.69) is 30.9 Å². The molecular weight excluding hydrogens is 278 g/mol. The number of rotatable bonds is 3. The Bertz CT molecular complexity index is 472. The molecular formula is C9H6BrN3OS. The number of halogens is 1. The summed E-state index contributed by atoms with van der Waals surface area (Å²) in [6.07, 6.45) is 4.89. The highest BCUT2D eigenvalue weighted by molar-refractivity contribution is 9.10. The second-order valence-corrected chi connectivity index (χ2v) is 4.58. The number of Topliss-reactive ketones (excluding diaryl/α,β-unsaturated/α-hetero) is 1. The molecule has 2 aromatic rings. The molecule has 2 aromatic heterocycles. The van der Waals surface area contributed by atoms with Crippen molar-refractivity contribution in [1.29, 1.82) is 0 Å². The monoisotopic (exact) mass is 283 g/mol. The van der Waals surface area contributed by atoms with Gasteiger partial charge in [0.1, 0.15) is 17.0 Å². The molecule has 0 aliphatic heterocycles. The third-order valence-corrected chi connectivity index (χ3v) is 3.09. The Morgan fingerprint density at radius 1 is 1.47 bits per heavy atom. The zero-order chi connectivity index (χ0) is 10.7. The van der Waals surface area contributed by atoms with Crippen LogP contribution in [-0.4, -0.2) is 20.7 Å². The standard InChI is InChI=1S/C9H6BrN3OS/c10-6-4-11-5-13-9(6)7(14)3-8-12-1-2-15-8/h1-2,4-5H,3H2. The third kappa shape index (κ3) is 2.45. The van der Waals surface area contributed by atoms with Crippen molar-refractivity contribution in [3.63, 3.8) is 0 Å². The van der Waals surface area contributed by atoms with Crippen molar-refractivity contribution < 1.29 is 4.79 Å². The van der Waals surface area contributed by atoms with Crippen LogP contribution in [0.3, 0.4) is 0 Å². The molecule has 0 saturated carbocycles. The van der Waals surface area contributed by atoms with E-state index in [9.17, 15) is 4.79 Å². The van der Waals surface area contributed by atoms with Crippen LogP contribution < -0.4 is 0 Å². The number of carbonyl (C=O) groups excluding carboxylic acids is 1. The summed E-state index contributed by atoms with van der Waals surface area (Å²) in [5.41, 5.74) is 0.403. The number of hydrogen-bond acceptors (Lipinski definition) is 5. The van der Waals surface area contributed by atoms with Crippen LogP contribution in [0.25, 0.3) is 0 Å². The van der Waals surface area contributed by atoms with Crippen molar-refractivity contribution >= 4 is 33.0 Å². The van der Waals surface area contributed by atoms with Gasteiger partial charge >= 0.3 is 0 Å². The summed E-state index contributed by atoms with van der Waals surface area (Å²) in [6, 6.07) is 0. The molecule has 6 heteroatoms. The van der Waals surface area contributed by atoms with Crippen LogP contribution in [-0.2, 0) is 6.42 Å².